The van der Waals surface area contributed by atoms with E-state index in [0.717, 1.165) is 29.3 Å². The van der Waals surface area contributed by atoms with E-state index in [1.165, 1.54) is 18.3 Å². The van der Waals surface area contributed by atoms with Crippen LogP contribution < -0.4 is 10.2 Å². The molecule has 1 heterocycles. The van der Waals surface area contributed by atoms with Crippen LogP contribution in [0.1, 0.15) is 27.3 Å². The number of aromatic nitrogens is 1. The summed E-state index contributed by atoms with van der Waals surface area (Å²) in [4.78, 5) is 12.1. The molecule has 0 saturated heterocycles. The maximum absolute atomic E-state index is 12.8. The number of hydrogen-bond donors (Lipinski definition) is 1. The molecule has 0 aliphatic carbocycles. The molecule has 0 saturated carbocycles. The third-order valence-corrected chi connectivity index (χ3v) is 4.25. The molecule has 29 heavy (non-hydrogen) atoms. The lowest BCUT2D eigenvalue weighted by molar-refractivity contribution is -0.137. The zero-order chi connectivity index (χ0) is 21.0. The van der Waals surface area contributed by atoms with E-state index < -0.39 is 17.6 Å². The van der Waals surface area contributed by atoms with Gasteiger partial charge in [0.1, 0.15) is 5.75 Å². The highest BCUT2D eigenvalue weighted by molar-refractivity contribution is 5.95. The number of nitrogens with zero attached hydrogens (tertiary/aromatic N) is 2. The Morgan fingerprint density at radius 2 is 1.83 bits per heavy atom. The number of halogens is 3. The SMILES string of the molecule is COc1ccc(-n2c(C)ccc2/C=N/NC(=O)c2cccc(C(F)(F)F)c2)cc1. The molecule has 1 N–H and O–H groups in total. The Hall–Kier alpha value is -3.55. The number of hydrazone groups is 1. The van der Waals surface area contributed by atoms with E-state index in [9.17, 15) is 18.0 Å². The zero-order valence-electron chi connectivity index (χ0n) is 15.7. The van der Waals surface area contributed by atoms with Crippen molar-refractivity contribution in [1.82, 2.24) is 9.99 Å². The average Bonchev–Trinajstić information content (AvgIpc) is 3.07. The van der Waals surface area contributed by atoms with Gasteiger partial charge in [-0.25, -0.2) is 5.43 Å². The summed E-state index contributed by atoms with van der Waals surface area (Å²) >= 11 is 0. The van der Waals surface area contributed by atoms with Gasteiger partial charge in [-0.1, -0.05) is 6.07 Å². The normalized spacial score (nSPS) is 11.6. The van der Waals surface area contributed by atoms with Crippen LogP contribution in [0.25, 0.3) is 5.69 Å². The Morgan fingerprint density at radius 3 is 2.48 bits per heavy atom. The zero-order valence-corrected chi connectivity index (χ0v) is 15.7. The second-order valence-electron chi connectivity index (χ2n) is 6.21. The highest BCUT2D eigenvalue weighted by Crippen LogP contribution is 2.29. The number of carbonyl (C=O) groups is 1. The average molecular weight is 401 g/mol. The smallest absolute Gasteiger partial charge is 0.416 e. The van der Waals surface area contributed by atoms with Crippen LogP contribution in [0.4, 0.5) is 13.2 Å². The first-order valence-electron chi connectivity index (χ1n) is 8.63. The number of alkyl halides is 3. The van der Waals surface area contributed by atoms with Crippen LogP contribution in [0.5, 0.6) is 5.75 Å². The summed E-state index contributed by atoms with van der Waals surface area (Å²) in [6, 6.07) is 15.3. The minimum absolute atomic E-state index is 0.126. The minimum atomic E-state index is -4.52. The van der Waals surface area contributed by atoms with Gasteiger partial charge in [-0.3, -0.25) is 4.79 Å². The quantitative estimate of drug-likeness (QED) is 0.503. The number of aryl methyl sites for hydroxylation is 1. The lowest BCUT2D eigenvalue weighted by atomic mass is 10.1. The summed E-state index contributed by atoms with van der Waals surface area (Å²) in [6.45, 7) is 1.92. The highest BCUT2D eigenvalue weighted by Gasteiger charge is 2.30. The summed E-state index contributed by atoms with van der Waals surface area (Å²) in [6.07, 6.45) is -3.08. The van der Waals surface area contributed by atoms with Crippen molar-refractivity contribution >= 4 is 12.1 Å². The van der Waals surface area contributed by atoms with E-state index in [-0.39, 0.29) is 5.56 Å². The molecule has 0 bridgehead atoms. The molecule has 8 heteroatoms. The molecule has 0 aliphatic heterocycles. The van der Waals surface area contributed by atoms with Crippen molar-refractivity contribution in [2.45, 2.75) is 13.1 Å². The fourth-order valence-corrected chi connectivity index (χ4v) is 2.80. The number of methoxy groups -OCH3 is 1. The standard InChI is InChI=1S/C21H18F3N3O2/c1-14-6-7-18(27(14)17-8-10-19(29-2)11-9-17)13-25-26-20(28)15-4-3-5-16(12-15)21(22,23)24/h3-13H,1-2H3,(H,26,28)/b25-13+. The van der Waals surface area contributed by atoms with Crippen molar-refractivity contribution in [1.29, 1.82) is 0 Å². The van der Waals surface area contributed by atoms with Gasteiger partial charge in [-0.05, 0) is 61.5 Å². The van der Waals surface area contributed by atoms with Crippen LogP contribution in [-0.4, -0.2) is 23.8 Å². The van der Waals surface area contributed by atoms with Crippen LogP contribution in [0.15, 0.2) is 65.8 Å². The largest absolute Gasteiger partial charge is 0.497 e. The van der Waals surface area contributed by atoms with Gasteiger partial charge in [0.25, 0.3) is 5.91 Å². The van der Waals surface area contributed by atoms with Gasteiger partial charge in [0, 0.05) is 16.9 Å². The van der Waals surface area contributed by atoms with E-state index in [0.29, 0.717) is 5.69 Å². The first-order valence-corrected chi connectivity index (χ1v) is 8.63. The molecule has 0 aliphatic rings. The number of amides is 1. The van der Waals surface area contributed by atoms with E-state index >= 15 is 0 Å². The van der Waals surface area contributed by atoms with Crippen LogP contribution in [0.2, 0.25) is 0 Å². The molecular weight excluding hydrogens is 383 g/mol. The molecule has 3 rings (SSSR count). The van der Waals surface area contributed by atoms with Gasteiger partial charge in [-0.15, -0.1) is 0 Å². The molecular formula is C21H18F3N3O2. The van der Waals surface area contributed by atoms with Crippen LogP contribution in [0, 0.1) is 6.92 Å². The van der Waals surface area contributed by atoms with Crippen LogP contribution >= 0.6 is 0 Å². The van der Waals surface area contributed by atoms with Gasteiger partial charge in [-0.2, -0.15) is 18.3 Å². The Labute approximate surface area is 165 Å². The van der Waals surface area contributed by atoms with Gasteiger partial charge in [0.05, 0.1) is 24.6 Å². The molecule has 1 aromatic heterocycles. The summed E-state index contributed by atoms with van der Waals surface area (Å²) in [5.74, 6) is -0.00578. The second kappa shape index (κ2) is 8.22. The predicted molar refractivity (Wildman–Crippen MR) is 104 cm³/mol. The van der Waals surface area contributed by atoms with Crippen LogP contribution in [-0.2, 0) is 6.18 Å². The molecule has 2 aromatic carbocycles. The van der Waals surface area contributed by atoms with Crippen molar-refractivity contribution in [3.05, 3.63) is 83.2 Å². The number of carbonyl (C=O) groups excluding carboxylic acids is 1. The Bertz CT molecular complexity index is 1040. The monoisotopic (exact) mass is 401 g/mol. The third kappa shape index (κ3) is 4.66. The van der Waals surface area contributed by atoms with Gasteiger partial charge < -0.3 is 9.30 Å². The molecule has 1 amide bonds. The third-order valence-electron chi connectivity index (χ3n) is 4.25. The molecule has 3 aromatic rings. The molecule has 0 fully saturated rings. The predicted octanol–water partition coefficient (Wildman–Crippen LogP) is 4.58. The Balaban J connectivity index is 1.77. The molecule has 5 nitrogen and oxygen atoms in total. The lowest BCUT2D eigenvalue weighted by Gasteiger charge is -2.10. The van der Waals surface area contributed by atoms with Crippen molar-refractivity contribution in [3.8, 4) is 11.4 Å². The van der Waals surface area contributed by atoms with Crippen LogP contribution in [0.3, 0.4) is 0 Å². The van der Waals surface area contributed by atoms with Gasteiger partial charge in [0.2, 0.25) is 0 Å². The minimum Gasteiger partial charge on any atom is -0.497 e. The summed E-state index contributed by atoms with van der Waals surface area (Å²) in [5, 5.41) is 3.89. The fraction of sp³-hybridized carbons (Fsp3) is 0.143. The maximum Gasteiger partial charge on any atom is 0.416 e. The van der Waals surface area contributed by atoms with E-state index in [2.05, 4.69) is 10.5 Å². The topological polar surface area (TPSA) is 55.6 Å². The van der Waals surface area contributed by atoms with Crippen molar-refractivity contribution in [3.63, 3.8) is 0 Å². The van der Waals surface area contributed by atoms with Gasteiger partial charge >= 0.3 is 6.18 Å². The fourth-order valence-electron chi connectivity index (χ4n) is 2.80. The maximum atomic E-state index is 12.8. The lowest BCUT2D eigenvalue weighted by Crippen LogP contribution is -2.19. The van der Waals surface area contributed by atoms with E-state index in [1.54, 1.807) is 7.11 Å². The molecule has 0 radical (unpaired) electrons. The van der Waals surface area contributed by atoms with E-state index in [4.69, 9.17) is 4.74 Å². The van der Waals surface area contributed by atoms with Crippen molar-refractivity contribution < 1.29 is 22.7 Å². The number of rotatable bonds is 5. The second-order valence-corrected chi connectivity index (χ2v) is 6.21. The summed E-state index contributed by atoms with van der Waals surface area (Å²) < 4.78 is 45.4. The number of nitrogens with one attached hydrogen (secondary N) is 1. The highest BCUT2D eigenvalue weighted by atomic mass is 19.4. The van der Waals surface area contributed by atoms with Crippen molar-refractivity contribution in [2.75, 3.05) is 7.11 Å². The number of ether oxygens (including phenoxy) is 1. The Kier molecular flexibility index (Phi) is 5.72. The first-order chi connectivity index (χ1) is 13.8. The Morgan fingerprint density at radius 1 is 1.10 bits per heavy atom. The first kappa shape index (κ1) is 20.2. The van der Waals surface area contributed by atoms with Gasteiger partial charge in [0.15, 0.2) is 0 Å². The van der Waals surface area contributed by atoms with Crippen molar-refractivity contribution in [2.24, 2.45) is 5.10 Å². The summed E-state index contributed by atoms with van der Waals surface area (Å²) in [5.41, 5.74) is 3.76. The van der Waals surface area contributed by atoms with E-state index in [1.807, 2.05) is 47.9 Å². The molecule has 0 spiro atoms. The number of hydrogen-bond acceptors (Lipinski definition) is 3. The summed E-state index contributed by atoms with van der Waals surface area (Å²) in [7, 11) is 1.58. The molecule has 150 valence electrons. The molecule has 0 atom stereocenters. The number of benzene rings is 2. The molecule has 0 unspecified atom stereocenters.